The lowest BCUT2D eigenvalue weighted by atomic mass is 10.1. The van der Waals surface area contributed by atoms with Crippen molar-refractivity contribution in [1.29, 1.82) is 0 Å². The summed E-state index contributed by atoms with van der Waals surface area (Å²) in [6.45, 7) is 5.15. The maximum atomic E-state index is 12.4. The number of rotatable bonds is 5. The van der Waals surface area contributed by atoms with Crippen molar-refractivity contribution in [1.82, 2.24) is 4.90 Å². The van der Waals surface area contributed by atoms with Crippen LogP contribution in [0.4, 0.5) is 0 Å². The van der Waals surface area contributed by atoms with Gasteiger partial charge in [0.25, 0.3) is 5.91 Å². The van der Waals surface area contributed by atoms with Gasteiger partial charge in [0.05, 0.1) is 18.2 Å². The zero-order valence-electron chi connectivity index (χ0n) is 10.7. The SMILES string of the molecule is CCN(C(=O)c1ccc(Br)cc1Br)C(C)COC. The molecule has 18 heavy (non-hydrogen) atoms. The van der Waals surface area contributed by atoms with Gasteiger partial charge in [-0.2, -0.15) is 0 Å². The Kier molecular flexibility index (Phi) is 6.32. The Morgan fingerprint density at radius 3 is 2.61 bits per heavy atom. The molecule has 0 aromatic heterocycles. The molecule has 0 heterocycles. The van der Waals surface area contributed by atoms with Crippen LogP contribution in [0.1, 0.15) is 24.2 Å². The number of hydrogen-bond acceptors (Lipinski definition) is 2. The molecule has 1 atom stereocenters. The number of hydrogen-bond donors (Lipinski definition) is 0. The third-order valence-corrected chi connectivity index (χ3v) is 3.85. The number of halogens is 2. The van der Waals surface area contributed by atoms with Crippen molar-refractivity contribution in [3.8, 4) is 0 Å². The van der Waals surface area contributed by atoms with Gasteiger partial charge in [-0.05, 0) is 48.0 Å². The highest BCUT2D eigenvalue weighted by atomic mass is 79.9. The van der Waals surface area contributed by atoms with Crippen molar-refractivity contribution in [2.45, 2.75) is 19.9 Å². The highest BCUT2D eigenvalue weighted by Gasteiger charge is 2.21. The van der Waals surface area contributed by atoms with Crippen LogP contribution in [0.2, 0.25) is 0 Å². The molecule has 100 valence electrons. The molecule has 0 aliphatic rings. The van der Waals surface area contributed by atoms with Gasteiger partial charge in [-0.3, -0.25) is 4.79 Å². The van der Waals surface area contributed by atoms with Crippen LogP contribution in [-0.4, -0.2) is 37.1 Å². The van der Waals surface area contributed by atoms with E-state index in [0.29, 0.717) is 18.7 Å². The van der Waals surface area contributed by atoms with Crippen molar-refractivity contribution in [3.05, 3.63) is 32.7 Å². The second-order valence-corrected chi connectivity index (χ2v) is 5.79. The first-order valence-electron chi connectivity index (χ1n) is 5.76. The fourth-order valence-electron chi connectivity index (χ4n) is 1.80. The zero-order chi connectivity index (χ0) is 13.7. The predicted molar refractivity (Wildman–Crippen MR) is 79.9 cm³/mol. The molecule has 0 aliphatic heterocycles. The maximum absolute atomic E-state index is 12.4. The van der Waals surface area contributed by atoms with E-state index < -0.39 is 0 Å². The normalized spacial score (nSPS) is 12.3. The molecule has 0 saturated heterocycles. The number of carbonyl (C=O) groups is 1. The lowest BCUT2D eigenvalue weighted by Crippen LogP contribution is -2.41. The zero-order valence-corrected chi connectivity index (χ0v) is 13.9. The van der Waals surface area contributed by atoms with Crippen LogP contribution in [0, 0.1) is 0 Å². The quantitative estimate of drug-likeness (QED) is 0.781. The molecule has 3 nitrogen and oxygen atoms in total. The molecule has 5 heteroatoms. The van der Waals surface area contributed by atoms with E-state index >= 15 is 0 Å². The van der Waals surface area contributed by atoms with E-state index in [1.54, 1.807) is 12.0 Å². The van der Waals surface area contributed by atoms with E-state index in [2.05, 4.69) is 31.9 Å². The number of likely N-dealkylation sites (N-methyl/N-ethyl adjacent to an activating group) is 1. The highest BCUT2D eigenvalue weighted by Crippen LogP contribution is 2.23. The second-order valence-electron chi connectivity index (χ2n) is 4.02. The summed E-state index contributed by atoms with van der Waals surface area (Å²) >= 11 is 6.80. The number of amides is 1. The average molecular weight is 379 g/mol. The number of ether oxygens (including phenoxy) is 1. The summed E-state index contributed by atoms with van der Waals surface area (Å²) in [6, 6.07) is 5.62. The highest BCUT2D eigenvalue weighted by molar-refractivity contribution is 9.11. The summed E-state index contributed by atoms with van der Waals surface area (Å²) in [5.41, 5.74) is 0.669. The predicted octanol–water partition coefficient (Wildman–Crippen LogP) is 3.71. The topological polar surface area (TPSA) is 29.5 Å². The van der Waals surface area contributed by atoms with Crippen LogP contribution < -0.4 is 0 Å². The number of methoxy groups -OCH3 is 1. The van der Waals surface area contributed by atoms with Crippen LogP contribution in [0.15, 0.2) is 27.1 Å². The lowest BCUT2D eigenvalue weighted by Gasteiger charge is -2.28. The third-order valence-electron chi connectivity index (χ3n) is 2.70. The van der Waals surface area contributed by atoms with Crippen molar-refractivity contribution in [2.24, 2.45) is 0 Å². The minimum Gasteiger partial charge on any atom is -0.383 e. The third kappa shape index (κ3) is 3.80. The van der Waals surface area contributed by atoms with Gasteiger partial charge in [0, 0.05) is 22.6 Å². The van der Waals surface area contributed by atoms with E-state index in [0.717, 1.165) is 8.95 Å². The van der Waals surface area contributed by atoms with E-state index in [1.165, 1.54) is 0 Å². The van der Waals surface area contributed by atoms with Crippen molar-refractivity contribution >= 4 is 37.8 Å². The largest absolute Gasteiger partial charge is 0.383 e. The molecule has 0 N–H and O–H groups in total. The molecule has 1 rings (SSSR count). The number of benzene rings is 1. The summed E-state index contributed by atoms with van der Waals surface area (Å²) in [5, 5.41) is 0. The molecule has 0 spiro atoms. The molecule has 0 aliphatic carbocycles. The molecular formula is C13H17Br2NO2. The van der Waals surface area contributed by atoms with E-state index in [1.807, 2.05) is 32.0 Å². The minimum absolute atomic E-state index is 0.0152. The van der Waals surface area contributed by atoms with Gasteiger partial charge in [0.1, 0.15) is 0 Å². The summed E-state index contributed by atoms with van der Waals surface area (Å²) in [7, 11) is 1.64. The van der Waals surface area contributed by atoms with Crippen LogP contribution in [0.5, 0.6) is 0 Å². The lowest BCUT2D eigenvalue weighted by molar-refractivity contribution is 0.0578. The van der Waals surface area contributed by atoms with Crippen LogP contribution in [0.3, 0.4) is 0 Å². The van der Waals surface area contributed by atoms with E-state index in [4.69, 9.17) is 4.74 Å². The van der Waals surface area contributed by atoms with E-state index in [-0.39, 0.29) is 11.9 Å². The van der Waals surface area contributed by atoms with Crippen LogP contribution in [0.25, 0.3) is 0 Å². The molecular weight excluding hydrogens is 362 g/mol. The summed E-state index contributed by atoms with van der Waals surface area (Å²) in [4.78, 5) is 14.3. The van der Waals surface area contributed by atoms with Gasteiger partial charge in [0.15, 0.2) is 0 Å². The first-order chi connectivity index (χ1) is 8.51. The fraction of sp³-hybridized carbons (Fsp3) is 0.462. The van der Waals surface area contributed by atoms with Gasteiger partial charge in [0.2, 0.25) is 0 Å². The Bertz CT molecular complexity index is 423. The molecule has 0 fully saturated rings. The average Bonchev–Trinajstić information content (AvgIpc) is 2.29. The standard InChI is InChI=1S/C13H17Br2NO2/c1-4-16(9(2)8-18-3)13(17)11-6-5-10(14)7-12(11)15/h5-7,9H,4,8H2,1-3H3. The smallest absolute Gasteiger partial charge is 0.255 e. The van der Waals surface area contributed by atoms with Crippen molar-refractivity contribution in [2.75, 3.05) is 20.3 Å². The Morgan fingerprint density at radius 1 is 1.44 bits per heavy atom. The molecule has 1 unspecified atom stereocenters. The summed E-state index contributed by atoms with van der Waals surface area (Å²) in [5.74, 6) is 0.0152. The Balaban J connectivity index is 2.96. The molecule has 1 aromatic rings. The first kappa shape index (κ1) is 15.7. The Morgan fingerprint density at radius 2 is 2.11 bits per heavy atom. The summed E-state index contributed by atoms with van der Waals surface area (Å²) in [6.07, 6.45) is 0. The Labute approximate surface area is 125 Å². The molecule has 1 amide bonds. The van der Waals surface area contributed by atoms with Crippen LogP contribution >= 0.6 is 31.9 Å². The maximum Gasteiger partial charge on any atom is 0.255 e. The minimum atomic E-state index is 0.0152. The molecule has 1 aromatic carbocycles. The van der Waals surface area contributed by atoms with Crippen molar-refractivity contribution in [3.63, 3.8) is 0 Å². The van der Waals surface area contributed by atoms with E-state index in [9.17, 15) is 4.79 Å². The number of carbonyl (C=O) groups excluding carboxylic acids is 1. The first-order valence-corrected chi connectivity index (χ1v) is 7.34. The second kappa shape index (κ2) is 7.26. The molecule has 0 saturated carbocycles. The Hall–Kier alpha value is -0.390. The van der Waals surface area contributed by atoms with Gasteiger partial charge in [-0.1, -0.05) is 15.9 Å². The van der Waals surface area contributed by atoms with Gasteiger partial charge in [-0.25, -0.2) is 0 Å². The molecule has 0 radical (unpaired) electrons. The molecule has 0 bridgehead atoms. The van der Waals surface area contributed by atoms with Gasteiger partial charge in [-0.15, -0.1) is 0 Å². The van der Waals surface area contributed by atoms with Gasteiger partial charge < -0.3 is 9.64 Å². The monoisotopic (exact) mass is 377 g/mol. The number of nitrogens with zero attached hydrogens (tertiary/aromatic N) is 1. The van der Waals surface area contributed by atoms with Gasteiger partial charge >= 0.3 is 0 Å². The van der Waals surface area contributed by atoms with Crippen LogP contribution in [-0.2, 0) is 4.74 Å². The summed E-state index contributed by atoms with van der Waals surface area (Å²) < 4.78 is 6.85. The fourth-order valence-corrected chi connectivity index (χ4v) is 3.02. The van der Waals surface area contributed by atoms with Crippen molar-refractivity contribution < 1.29 is 9.53 Å².